The van der Waals surface area contributed by atoms with Gasteiger partial charge < -0.3 is 9.47 Å². The maximum Gasteiger partial charge on any atom is 0.240 e. The minimum Gasteiger partial charge on any atom is -0.353 e. The van der Waals surface area contributed by atoms with Gasteiger partial charge in [0.25, 0.3) is 0 Å². The third-order valence-electron chi connectivity index (χ3n) is 2.69. The van der Waals surface area contributed by atoms with Crippen LogP contribution in [0.2, 0.25) is 0 Å². The Morgan fingerprint density at radius 1 is 1.21 bits per heavy atom. The number of nitrogens with one attached hydrogen (secondary N) is 1. The number of benzene rings is 1. The zero-order valence-corrected chi connectivity index (χ0v) is 11.2. The predicted molar refractivity (Wildman–Crippen MR) is 66.5 cm³/mol. The molecule has 0 aromatic heterocycles. The van der Waals surface area contributed by atoms with Crippen molar-refractivity contribution in [3.63, 3.8) is 0 Å². The summed E-state index contributed by atoms with van der Waals surface area (Å²) in [5, 5.41) is 0. The first kappa shape index (κ1) is 14.4. The lowest BCUT2D eigenvalue weighted by Crippen LogP contribution is -2.31. The normalized spacial score (nSPS) is 17.5. The van der Waals surface area contributed by atoms with Crippen molar-refractivity contribution in [2.24, 2.45) is 0 Å². The van der Waals surface area contributed by atoms with Gasteiger partial charge in [-0.1, -0.05) is 0 Å². The van der Waals surface area contributed by atoms with Crippen LogP contribution in [0.3, 0.4) is 0 Å². The Labute approximate surface area is 111 Å². The molecular formula is C12H16FNO4S. The molecule has 106 valence electrons. The number of hydrogen-bond donors (Lipinski definition) is 1. The molecule has 19 heavy (non-hydrogen) atoms. The summed E-state index contributed by atoms with van der Waals surface area (Å²) in [6, 6.07) is 4.68. The Morgan fingerprint density at radius 3 is 2.47 bits per heavy atom. The van der Waals surface area contributed by atoms with Gasteiger partial charge in [-0.3, -0.25) is 0 Å². The summed E-state index contributed by atoms with van der Waals surface area (Å²) in [6.45, 7) is 1.48. The summed E-state index contributed by atoms with van der Waals surface area (Å²) in [5.41, 5.74) is 0. The minimum absolute atomic E-state index is 0.0411. The number of halogens is 1. The van der Waals surface area contributed by atoms with E-state index in [1.54, 1.807) is 0 Å². The van der Waals surface area contributed by atoms with E-state index in [0.29, 0.717) is 19.6 Å². The third-order valence-corrected chi connectivity index (χ3v) is 4.17. The number of sulfonamides is 1. The van der Waals surface area contributed by atoms with E-state index in [0.717, 1.165) is 18.6 Å². The highest BCUT2D eigenvalue weighted by Crippen LogP contribution is 2.11. The Kier molecular flexibility index (Phi) is 4.87. The molecule has 7 heteroatoms. The Hall–Kier alpha value is -1.02. The maximum atomic E-state index is 12.7. The van der Waals surface area contributed by atoms with Gasteiger partial charge >= 0.3 is 0 Å². The largest absolute Gasteiger partial charge is 0.353 e. The maximum absolute atomic E-state index is 12.7. The van der Waals surface area contributed by atoms with Crippen LogP contribution in [0.4, 0.5) is 4.39 Å². The summed E-state index contributed by atoms with van der Waals surface area (Å²) < 4.78 is 49.5. The second kappa shape index (κ2) is 6.42. The molecule has 0 saturated carbocycles. The van der Waals surface area contributed by atoms with Gasteiger partial charge in [0.15, 0.2) is 6.29 Å². The topological polar surface area (TPSA) is 64.6 Å². The molecule has 0 radical (unpaired) electrons. The van der Waals surface area contributed by atoms with E-state index in [1.807, 2.05) is 0 Å². The summed E-state index contributed by atoms with van der Waals surface area (Å²) in [7, 11) is -3.61. The molecule has 2 rings (SSSR count). The smallest absolute Gasteiger partial charge is 0.240 e. The molecule has 0 spiro atoms. The molecule has 1 aliphatic heterocycles. The van der Waals surface area contributed by atoms with Crippen LogP contribution in [-0.4, -0.2) is 34.5 Å². The molecule has 1 aliphatic rings. The molecule has 1 aromatic rings. The summed E-state index contributed by atoms with van der Waals surface area (Å²) >= 11 is 0. The molecule has 5 nitrogen and oxygen atoms in total. The van der Waals surface area contributed by atoms with Gasteiger partial charge in [0, 0.05) is 13.0 Å². The molecular weight excluding hydrogens is 273 g/mol. The van der Waals surface area contributed by atoms with Crippen molar-refractivity contribution in [1.29, 1.82) is 0 Å². The number of hydrogen-bond acceptors (Lipinski definition) is 4. The van der Waals surface area contributed by atoms with E-state index in [9.17, 15) is 12.8 Å². The molecule has 1 aromatic carbocycles. The van der Waals surface area contributed by atoms with Crippen LogP contribution in [0.15, 0.2) is 29.2 Å². The van der Waals surface area contributed by atoms with E-state index in [2.05, 4.69) is 4.72 Å². The molecule has 1 N–H and O–H groups in total. The highest BCUT2D eigenvalue weighted by Gasteiger charge is 2.17. The predicted octanol–water partition coefficient (Wildman–Crippen LogP) is 1.26. The van der Waals surface area contributed by atoms with Crippen molar-refractivity contribution < 1.29 is 22.3 Å². The Bertz CT molecular complexity index is 497. The van der Waals surface area contributed by atoms with Crippen molar-refractivity contribution in [2.45, 2.75) is 24.0 Å². The SMILES string of the molecule is O=S(=O)(NCCC1OCCCO1)c1ccc(F)cc1. The van der Waals surface area contributed by atoms with Crippen molar-refractivity contribution >= 4 is 10.0 Å². The van der Waals surface area contributed by atoms with E-state index in [1.165, 1.54) is 12.1 Å². The van der Waals surface area contributed by atoms with E-state index >= 15 is 0 Å². The monoisotopic (exact) mass is 289 g/mol. The van der Waals surface area contributed by atoms with Gasteiger partial charge in [0.05, 0.1) is 18.1 Å². The standard InChI is InChI=1S/C12H16FNO4S/c13-10-2-4-11(5-3-10)19(15,16)14-7-6-12-17-8-1-9-18-12/h2-5,12,14H,1,6-9H2. The zero-order valence-electron chi connectivity index (χ0n) is 10.3. The zero-order chi connectivity index (χ0) is 13.7. The molecule has 1 heterocycles. The fourth-order valence-corrected chi connectivity index (χ4v) is 2.76. The quantitative estimate of drug-likeness (QED) is 0.886. The fraction of sp³-hybridized carbons (Fsp3) is 0.500. The second-order valence-corrected chi connectivity index (χ2v) is 5.93. The number of ether oxygens (including phenoxy) is 2. The number of rotatable bonds is 5. The summed E-state index contributed by atoms with van der Waals surface area (Å²) in [6.07, 6.45) is 0.947. The summed E-state index contributed by atoms with van der Waals surface area (Å²) in [5.74, 6) is -0.469. The highest BCUT2D eigenvalue weighted by atomic mass is 32.2. The average Bonchev–Trinajstić information content (AvgIpc) is 2.40. The van der Waals surface area contributed by atoms with Crippen LogP contribution < -0.4 is 4.72 Å². The Balaban J connectivity index is 1.85. The molecule has 0 bridgehead atoms. The van der Waals surface area contributed by atoms with Crippen molar-refractivity contribution in [1.82, 2.24) is 4.72 Å². The highest BCUT2D eigenvalue weighted by molar-refractivity contribution is 7.89. The van der Waals surface area contributed by atoms with E-state index in [4.69, 9.17) is 9.47 Å². The van der Waals surface area contributed by atoms with Crippen molar-refractivity contribution in [3.8, 4) is 0 Å². The molecule has 1 saturated heterocycles. The van der Waals surface area contributed by atoms with Gasteiger partial charge in [-0.25, -0.2) is 17.5 Å². The van der Waals surface area contributed by atoms with Crippen LogP contribution in [0.5, 0.6) is 0 Å². The summed E-state index contributed by atoms with van der Waals surface area (Å²) in [4.78, 5) is 0.0411. The minimum atomic E-state index is -3.61. The Morgan fingerprint density at radius 2 is 1.84 bits per heavy atom. The van der Waals surface area contributed by atoms with Crippen LogP contribution in [-0.2, 0) is 19.5 Å². The molecule has 0 amide bonds. The van der Waals surface area contributed by atoms with Crippen LogP contribution in [0.25, 0.3) is 0 Å². The van der Waals surface area contributed by atoms with E-state index in [-0.39, 0.29) is 17.7 Å². The first-order valence-corrected chi connectivity index (χ1v) is 7.55. The van der Waals surface area contributed by atoms with E-state index < -0.39 is 15.8 Å². The average molecular weight is 289 g/mol. The van der Waals surface area contributed by atoms with Crippen molar-refractivity contribution in [2.75, 3.05) is 19.8 Å². The molecule has 0 aliphatic carbocycles. The lowest BCUT2D eigenvalue weighted by Gasteiger charge is -2.23. The lowest BCUT2D eigenvalue weighted by atomic mass is 10.4. The first-order valence-electron chi connectivity index (χ1n) is 6.06. The molecule has 1 fully saturated rings. The van der Waals surface area contributed by atoms with Gasteiger partial charge in [-0.15, -0.1) is 0 Å². The van der Waals surface area contributed by atoms with Gasteiger partial charge in [-0.2, -0.15) is 0 Å². The molecule has 0 unspecified atom stereocenters. The first-order chi connectivity index (χ1) is 9.08. The fourth-order valence-electron chi connectivity index (χ4n) is 1.71. The second-order valence-electron chi connectivity index (χ2n) is 4.17. The third kappa shape index (κ3) is 4.24. The van der Waals surface area contributed by atoms with Gasteiger partial charge in [0.2, 0.25) is 10.0 Å². The van der Waals surface area contributed by atoms with Crippen LogP contribution in [0, 0.1) is 5.82 Å². The lowest BCUT2D eigenvalue weighted by molar-refractivity contribution is -0.180. The molecule has 0 atom stereocenters. The van der Waals surface area contributed by atoms with Gasteiger partial charge in [-0.05, 0) is 30.7 Å². The van der Waals surface area contributed by atoms with Gasteiger partial charge in [0.1, 0.15) is 5.82 Å². The van der Waals surface area contributed by atoms with Crippen LogP contribution >= 0.6 is 0 Å². The van der Waals surface area contributed by atoms with Crippen LogP contribution in [0.1, 0.15) is 12.8 Å². The van der Waals surface area contributed by atoms with Crippen molar-refractivity contribution in [3.05, 3.63) is 30.1 Å².